The normalized spacial score (nSPS) is 30.6. The van der Waals surface area contributed by atoms with Crippen molar-refractivity contribution in [2.45, 2.75) is 63.2 Å². The topological polar surface area (TPSA) is 108 Å². The van der Waals surface area contributed by atoms with Crippen molar-refractivity contribution >= 4 is 34.2 Å². The number of carbonyl (C=O) groups is 3. The third kappa shape index (κ3) is 3.87. The maximum absolute atomic E-state index is 13.9. The molecule has 3 fully saturated rings. The molecule has 1 spiro atoms. The van der Waals surface area contributed by atoms with Gasteiger partial charge in [-0.25, -0.2) is 0 Å². The van der Waals surface area contributed by atoms with Crippen molar-refractivity contribution in [2.75, 3.05) is 25.0 Å². The number of amides is 3. The third-order valence-electron chi connectivity index (χ3n) is 8.18. The van der Waals surface area contributed by atoms with Crippen LogP contribution in [0.15, 0.2) is 42.5 Å². The highest BCUT2D eigenvalue weighted by Crippen LogP contribution is 2.63. The minimum atomic E-state index is -1.04. The van der Waals surface area contributed by atoms with Crippen LogP contribution in [0.3, 0.4) is 0 Å². The number of rotatable bonds is 9. The molecule has 2 aromatic rings. The second-order valence-electron chi connectivity index (χ2n) is 10.5. The van der Waals surface area contributed by atoms with E-state index < -0.39 is 29.1 Å². The molecule has 8 heteroatoms. The first kappa shape index (κ1) is 24.7. The highest BCUT2D eigenvalue weighted by molar-refractivity contribution is 6.04. The Labute approximate surface area is 211 Å². The van der Waals surface area contributed by atoms with Gasteiger partial charge in [0.05, 0.1) is 17.4 Å². The summed E-state index contributed by atoms with van der Waals surface area (Å²) in [5, 5.41) is 17.4. The number of hydrogen-bond acceptors (Lipinski definition) is 5. The monoisotopic (exact) mass is 493 g/mol. The molecule has 0 saturated carbocycles. The van der Waals surface area contributed by atoms with Crippen LogP contribution in [0.4, 0.5) is 5.69 Å². The smallest absolute Gasteiger partial charge is 0.250 e. The number of benzene rings is 2. The lowest BCUT2D eigenvalue weighted by atomic mass is 9.66. The number of fused-ring (bicyclic) bond motifs is 2. The van der Waals surface area contributed by atoms with Gasteiger partial charge in [0.15, 0.2) is 0 Å². The van der Waals surface area contributed by atoms with Crippen LogP contribution < -0.4 is 10.6 Å². The van der Waals surface area contributed by atoms with Gasteiger partial charge < -0.3 is 25.4 Å². The Kier molecular flexibility index (Phi) is 6.51. The molecular weight excluding hydrogens is 458 g/mol. The molecule has 8 nitrogen and oxygen atoms in total. The van der Waals surface area contributed by atoms with Gasteiger partial charge in [0.2, 0.25) is 17.7 Å². The second kappa shape index (κ2) is 9.48. The first-order chi connectivity index (χ1) is 17.3. The molecule has 5 atom stereocenters. The van der Waals surface area contributed by atoms with Crippen LogP contribution in [0.5, 0.6) is 0 Å². The molecule has 0 aromatic heterocycles. The van der Waals surface area contributed by atoms with Crippen molar-refractivity contribution in [3.05, 3.63) is 42.5 Å². The molecule has 0 radical (unpaired) electrons. The zero-order chi connectivity index (χ0) is 25.5. The molecule has 3 aliphatic heterocycles. The fourth-order valence-electron chi connectivity index (χ4n) is 6.60. The van der Waals surface area contributed by atoms with Crippen molar-refractivity contribution < 1.29 is 24.2 Å². The van der Waals surface area contributed by atoms with Gasteiger partial charge in [-0.3, -0.25) is 14.4 Å². The van der Waals surface area contributed by atoms with Gasteiger partial charge in [-0.05, 0) is 61.9 Å². The Balaban J connectivity index is 1.48. The minimum Gasteiger partial charge on any atom is -0.396 e. The molecule has 2 aromatic carbocycles. The fourth-order valence-corrected chi connectivity index (χ4v) is 6.60. The van der Waals surface area contributed by atoms with Crippen molar-refractivity contribution in [1.29, 1.82) is 0 Å². The number of hydrogen-bond donors (Lipinski definition) is 3. The number of nitrogens with zero attached hydrogens (tertiary/aromatic N) is 1. The Bertz CT molecular complexity index is 1180. The van der Waals surface area contributed by atoms with Gasteiger partial charge >= 0.3 is 0 Å². The van der Waals surface area contributed by atoms with E-state index in [1.807, 2.05) is 56.3 Å². The van der Waals surface area contributed by atoms with Crippen LogP contribution >= 0.6 is 0 Å². The molecule has 5 rings (SSSR count). The summed E-state index contributed by atoms with van der Waals surface area (Å²) in [6.45, 7) is 4.76. The van der Waals surface area contributed by atoms with E-state index in [1.165, 1.54) is 0 Å². The lowest BCUT2D eigenvalue weighted by Gasteiger charge is -2.33. The Morgan fingerprint density at radius 2 is 1.89 bits per heavy atom. The maximum atomic E-state index is 13.9. The van der Waals surface area contributed by atoms with Crippen LogP contribution in [-0.4, -0.2) is 64.7 Å². The van der Waals surface area contributed by atoms with E-state index in [0.29, 0.717) is 44.5 Å². The van der Waals surface area contributed by atoms with E-state index in [1.54, 1.807) is 4.90 Å². The zero-order valence-corrected chi connectivity index (χ0v) is 21.0. The van der Waals surface area contributed by atoms with E-state index in [-0.39, 0.29) is 24.3 Å². The summed E-state index contributed by atoms with van der Waals surface area (Å²) in [5.74, 6) is -2.01. The highest BCUT2D eigenvalue weighted by atomic mass is 16.5. The summed E-state index contributed by atoms with van der Waals surface area (Å²) in [7, 11) is 0. The lowest BCUT2D eigenvalue weighted by Crippen LogP contribution is -2.53. The van der Waals surface area contributed by atoms with E-state index in [9.17, 15) is 19.5 Å². The van der Waals surface area contributed by atoms with E-state index in [0.717, 1.165) is 17.2 Å². The summed E-state index contributed by atoms with van der Waals surface area (Å²) < 4.78 is 6.60. The maximum Gasteiger partial charge on any atom is 0.250 e. The predicted octanol–water partition coefficient (Wildman–Crippen LogP) is 2.84. The number of unbranched alkanes of at least 4 members (excludes halogenated alkanes) is 1. The number of aliphatic hydroxyl groups excluding tert-OH is 1. The summed E-state index contributed by atoms with van der Waals surface area (Å²) >= 11 is 0. The van der Waals surface area contributed by atoms with Crippen LogP contribution in [0.2, 0.25) is 0 Å². The van der Waals surface area contributed by atoms with E-state index in [4.69, 9.17) is 4.74 Å². The van der Waals surface area contributed by atoms with Gasteiger partial charge in [-0.1, -0.05) is 37.3 Å². The third-order valence-corrected chi connectivity index (χ3v) is 8.18. The number of anilines is 1. The molecule has 3 amide bonds. The van der Waals surface area contributed by atoms with Gasteiger partial charge in [0.25, 0.3) is 0 Å². The van der Waals surface area contributed by atoms with Gasteiger partial charge in [0.1, 0.15) is 11.6 Å². The molecule has 2 bridgehead atoms. The molecule has 2 unspecified atom stereocenters. The molecule has 3 saturated heterocycles. The van der Waals surface area contributed by atoms with Crippen LogP contribution in [-0.2, 0) is 19.1 Å². The molecule has 3 heterocycles. The summed E-state index contributed by atoms with van der Waals surface area (Å²) in [6.07, 6.45) is 3.05. The molecular formula is C28H35N3O5. The van der Waals surface area contributed by atoms with Crippen molar-refractivity contribution in [3.63, 3.8) is 0 Å². The molecule has 3 aliphatic rings. The number of nitrogens with one attached hydrogen (secondary N) is 2. The second-order valence-corrected chi connectivity index (χ2v) is 10.5. The van der Waals surface area contributed by atoms with Crippen LogP contribution in [0.1, 0.15) is 46.0 Å². The Hall–Kier alpha value is -2.97. The number of likely N-dealkylation sites (tertiary alicyclic amines) is 1. The lowest BCUT2D eigenvalue weighted by molar-refractivity contribution is -0.144. The van der Waals surface area contributed by atoms with Crippen molar-refractivity contribution in [2.24, 2.45) is 11.8 Å². The molecule has 3 N–H and O–H groups in total. The molecule has 36 heavy (non-hydrogen) atoms. The minimum absolute atomic E-state index is 0.0151. The standard InChI is InChI=1S/C28H35N3O5/c1-3-14-29-24(33)21-22-26(35)31(15-6-7-16-32)23(28(22)13-12-27(21,2)36-28)25(34)30-20-11-10-18-8-4-5-9-19(18)17-20/h4-5,8-11,17,21-23,32H,3,6-7,12-16H2,1-2H3,(H,29,33)(H,30,34)/t21-,22+,23?,27+,28?/m1/s1. The fraction of sp³-hybridized carbons (Fsp3) is 0.536. The number of ether oxygens (including phenoxy) is 1. The van der Waals surface area contributed by atoms with E-state index >= 15 is 0 Å². The summed E-state index contributed by atoms with van der Waals surface area (Å²) in [6, 6.07) is 12.8. The highest BCUT2D eigenvalue weighted by Gasteiger charge is 2.77. The zero-order valence-electron chi connectivity index (χ0n) is 21.0. The quantitative estimate of drug-likeness (QED) is 0.466. The van der Waals surface area contributed by atoms with Gasteiger partial charge in [-0.2, -0.15) is 0 Å². The summed E-state index contributed by atoms with van der Waals surface area (Å²) in [5.41, 5.74) is -1.17. The van der Waals surface area contributed by atoms with Crippen LogP contribution in [0.25, 0.3) is 10.8 Å². The van der Waals surface area contributed by atoms with Gasteiger partial charge in [0, 0.05) is 25.4 Å². The molecule has 192 valence electrons. The van der Waals surface area contributed by atoms with E-state index in [2.05, 4.69) is 10.6 Å². The predicted molar refractivity (Wildman–Crippen MR) is 136 cm³/mol. The number of aliphatic hydroxyl groups is 1. The SMILES string of the molecule is CCCNC(=O)[C@H]1[C@H]2C(=O)N(CCCCO)C(C(=O)Nc3ccc4ccccc4c3)C23CC[C@]1(C)O3. The largest absolute Gasteiger partial charge is 0.396 e. The number of carbonyl (C=O) groups excluding carboxylic acids is 3. The van der Waals surface area contributed by atoms with Crippen LogP contribution in [0, 0.1) is 11.8 Å². The average molecular weight is 494 g/mol. The van der Waals surface area contributed by atoms with Crippen molar-refractivity contribution in [1.82, 2.24) is 10.2 Å². The summed E-state index contributed by atoms with van der Waals surface area (Å²) in [4.78, 5) is 42.6. The first-order valence-electron chi connectivity index (χ1n) is 13.0. The average Bonchev–Trinajstić information content (AvgIpc) is 3.43. The van der Waals surface area contributed by atoms with Gasteiger partial charge in [-0.15, -0.1) is 0 Å². The Morgan fingerprint density at radius 1 is 1.11 bits per heavy atom. The Morgan fingerprint density at radius 3 is 2.64 bits per heavy atom. The first-order valence-corrected chi connectivity index (χ1v) is 13.0. The molecule has 0 aliphatic carbocycles. The van der Waals surface area contributed by atoms with Crippen molar-refractivity contribution in [3.8, 4) is 0 Å².